The van der Waals surface area contributed by atoms with E-state index in [4.69, 9.17) is 0 Å². The van der Waals surface area contributed by atoms with E-state index in [1.165, 1.54) is 48.3 Å². The van der Waals surface area contributed by atoms with Crippen molar-refractivity contribution < 1.29 is 31.5 Å². The second kappa shape index (κ2) is 7.50. The summed E-state index contributed by atoms with van der Waals surface area (Å²) in [6.45, 7) is -2.85. The Morgan fingerprint density at radius 2 is 1.60 bits per heavy atom. The summed E-state index contributed by atoms with van der Waals surface area (Å²) in [4.78, 5) is 13.6. The first-order chi connectivity index (χ1) is 11.7. The summed E-state index contributed by atoms with van der Waals surface area (Å²) in [5, 5.41) is 0. The normalized spacial score (nSPS) is 11.5. The molecule has 1 amide bonds. The van der Waals surface area contributed by atoms with Gasteiger partial charge < -0.3 is 9.64 Å². The summed E-state index contributed by atoms with van der Waals surface area (Å²) in [6, 6.07) is 9.65. The van der Waals surface area contributed by atoms with E-state index in [0.717, 1.165) is 12.1 Å². The van der Waals surface area contributed by atoms with Gasteiger partial charge in [0.25, 0.3) is 5.91 Å². The van der Waals surface area contributed by atoms with Crippen LogP contribution in [-0.4, -0.2) is 24.5 Å². The number of benzene rings is 2. The standard InChI is InChI=1S/C17H14F5NO2/c1-23(10-11-2-6-13(7-3-11)17(20,21)22)15(24)12-4-8-14(9-5-12)25-16(18)19/h2-9,16H,10H2,1H3. The number of nitrogens with zero attached hydrogens (tertiary/aromatic N) is 1. The lowest BCUT2D eigenvalue weighted by atomic mass is 10.1. The number of amides is 1. The van der Waals surface area contributed by atoms with Crippen molar-refractivity contribution in [3.63, 3.8) is 0 Å². The number of carbonyl (C=O) groups is 1. The molecule has 0 atom stereocenters. The van der Waals surface area contributed by atoms with Gasteiger partial charge in [0.05, 0.1) is 5.56 Å². The molecule has 134 valence electrons. The van der Waals surface area contributed by atoms with Crippen molar-refractivity contribution in [1.29, 1.82) is 0 Å². The summed E-state index contributed by atoms with van der Waals surface area (Å²) in [5.41, 5.74) is 0.0115. The molecule has 3 nitrogen and oxygen atoms in total. The predicted octanol–water partition coefficient (Wildman–Crippen LogP) is 4.58. The third-order valence-electron chi connectivity index (χ3n) is 3.37. The number of rotatable bonds is 5. The van der Waals surface area contributed by atoms with Gasteiger partial charge in [-0.05, 0) is 42.0 Å². The van der Waals surface area contributed by atoms with Crippen LogP contribution in [0.2, 0.25) is 0 Å². The molecule has 0 aliphatic carbocycles. The van der Waals surface area contributed by atoms with Crippen LogP contribution < -0.4 is 4.74 Å². The molecular weight excluding hydrogens is 345 g/mol. The quantitative estimate of drug-likeness (QED) is 0.732. The molecule has 0 aromatic heterocycles. The van der Waals surface area contributed by atoms with Gasteiger partial charge in [-0.15, -0.1) is 0 Å². The second-order valence-electron chi connectivity index (χ2n) is 5.26. The number of hydrogen-bond acceptors (Lipinski definition) is 2. The van der Waals surface area contributed by atoms with Crippen LogP contribution in [-0.2, 0) is 12.7 Å². The van der Waals surface area contributed by atoms with E-state index in [2.05, 4.69) is 4.74 Å². The van der Waals surface area contributed by atoms with Crippen LogP contribution in [0.15, 0.2) is 48.5 Å². The van der Waals surface area contributed by atoms with Crippen molar-refractivity contribution in [3.05, 3.63) is 65.2 Å². The Balaban J connectivity index is 2.02. The number of halogens is 5. The highest BCUT2D eigenvalue weighted by Gasteiger charge is 2.30. The minimum Gasteiger partial charge on any atom is -0.435 e. The van der Waals surface area contributed by atoms with Crippen LogP contribution in [0, 0.1) is 0 Å². The minimum absolute atomic E-state index is 0.0723. The first-order valence-corrected chi connectivity index (χ1v) is 7.13. The molecule has 25 heavy (non-hydrogen) atoms. The number of alkyl halides is 5. The molecular formula is C17H14F5NO2. The zero-order valence-corrected chi connectivity index (χ0v) is 13.1. The van der Waals surface area contributed by atoms with E-state index in [1.54, 1.807) is 0 Å². The zero-order valence-electron chi connectivity index (χ0n) is 13.1. The second-order valence-corrected chi connectivity index (χ2v) is 5.26. The molecule has 0 fully saturated rings. The lowest BCUT2D eigenvalue weighted by Crippen LogP contribution is -2.26. The first-order valence-electron chi connectivity index (χ1n) is 7.13. The summed E-state index contributed by atoms with van der Waals surface area (Å²) in [6.07, 6.45) is -4.41. The Labute approximate surface area is 140 Å². The van der Waals surface area contributed by atoms with Crippen molar-refractivity contribution >= 4 is 5.91 Å². The molecule has 0 aliphatic heterocycles. The molecule has 0 saturated carbocycles. The van der Waals surface area contributed by atoms with Gasteiger partial charge in [0, 0.05) is 19.2 Å². The van der Waals surface area contributed by atoms with Crippen LogP contribution >= 0.6 is 0 Å². The number of ether oxygens (including phenoxy) is 1. The van der Waals surface area contributed by atoms with Crippen LogP contribution in [0.5, 0.6) is 5.75 Å². The van der Waals surface area contributed by atoms with Crippen molar-refractivity contribution in [2.45, 2.75) is 19.3 Å². The average molecular weight is 359 g/mol. The minimum atomic E-state index is -4.41. The maximum atomic E-state index is 12.5. The molecule has 0 radical (unpaired) electrons. The number of carbonyl (C=O) groups excluding carboxylic acids is 1. The number of hydrogen-bond donors (Lipinski definition) is 0. The predicted molar refractivity (Wildman–Crippen MR) is 80.3 cm³/mol. The highest BCUT2D eigenvalue weighted by Crippen LogP contribution is 2.29. The third-order valence-corrected chi connectivity index (χ3v) is 3.37. The molecule has 2 aromatic rings. The molecule has 0 aliphatic rings. The van der Waals surface area contributed by atoms with Gasteiger partial charge in [0.15, 0.2) is 0 Å². The molecule has 0 N–H and O–H groups in total. The highest BCUT2D eigenvalue weighted by molar-refractivity contribution is 5.94. The van der Waals surface area contributed by atoms with E-state index in [1.807, 2.05) is 0 Å². The zero-order chi connectivity index (χ0) is 18.6. The molecule has 0 saturated heterocycles. The molecule has 0 spiro atoms. The fraction of sp³-hybridized carbons (Fsp3) is 0.235. The Morgan fingerprint density at radius 1 is 1.04 bits per heavy atom. The van der Waals surface area contributed by atoms with Crippen LogP contribution in [0.1, 0.15) is 21.5 Å². The van der Waals surface area contributed by atoms with E-state index in [9.17, 15) is 26.7 Å². The Bertz CT molecular complexity index is 711. The SMILES string of the molecule is CN(Cc1ccc(C(F)(F)F)cc1)C(=O)c1ccc(OC(F)F)cc1. The largest absolute Gasteiger partial charge is 0.435 e. The maximum Gasteiger partial charge on any atom is 0.416 e. The average Bonchev–Trinajstić information content (AvgIpc) is 2.54. The van der Waals surface area contributed by atoms with Gasteiger partial charge in [0.1, 0.15) is 5.75 Å². The lowest BCUT2D eigenvalue weighted by Gasteiger charge is -2.18. The van der Waals surface area contributed by atoms with Gasteiger partial charge in [-0.2, -0.15) is 22.0 Å². The summed E-state index contributed by atoms with van der Waals surface area (Å²) >= 11 is 0. The molecule has 2 aromatic carbocycles. The smallest absolute Gasteiger partial charge is 0.416 e. The van der Waals surface area contributed by atoms with Gasteiger partial charge >= 0.3 is 12.8 Å². The van der Waals surface area contributed by atoms with Gasteiger partial charge in [-0.1, -0.05) is 12.1 Å². The fourth-order valence-electron chi connectivity index (χ4n) is 2.14. The molecule has 8 heteroatoms. The van der Waals surface area contributed by atoms with Crippen LogP contribution in [0.25, 0.3) is 0 Å². The molecule has 2 rings (SSSR count). The molecule has 0 unspecified atom stereocenters. The Morgan fingerprint density at radius 3 is 2.08 bits per heavy atom. The van der Waals surface area contributed by atoms with E-state index < -0.39 is 24.3 Å². The Hall–Kier alpha value is -2.64. The summed E-state index contributed by atoms with van der Waals surface area (Å²) < 4.78 is 65.9. The summed E-state index contributed by atoms with van der Waals surface area (Å²) in [5.74, 6) is -0.472. The van der Waals surface area contributed by atoms with Crippen molar-refractivity contribution in [3.8, 4) is 5.75 Å². The highest BCUT2D eigenvalue weighted by atomic mass is 19.4. The summed E-state index contributed by atoms with van der Waals surface area (Å²) in [7, 11) is 1.49. The van der Waals surface area contributed by atoms with Gasteiger partial charge in [0.2, 0.25) is 0 Å². The van der Waals surface area contributed by atoms with Gasteiger partial charge in [-0.3, -0.25) is 4.79 Å². The van der Waals surface area contributed by atoms with E-state index >= 15 is 0 Å². The maximum absolute atomic E-state index is 12.5. The van der Waals surface area contributed by atoms with E-state index in [0.29, 0.717) is 5.56 Å². The third kappa shape index (κ3) is 5.17. The topological polar surface area (TPSA) is 29.5 Å². The lowest BCUT2D eigenvalue weighted by molar-refractivity contribution is -0.137. The monoisotopic (exact) mass is 359 g/mol. The van der Waals surface area contributed by atoms with Crippen LogP contribution in [0.3, 0.4) is 0 Å². The first kappa shape index (κ1) is 18.7. The van der Waals surface area contributed by atoms with Crippen LogP contribution in [0.4, 0.5) is 22.0 Å². The van der Waals surface area contributed by atoms with Crippen molar-refractivity contribution in [2.75, 3.05) is 7.05 Å². The van der Waals surface area contributed by atoms with Gasteiger partial charge in [-0.25, -0.2) is 0 Å². The molecule has 0 bridgehead atoms. The Kier molecular flexibility index (Phi) is 5.61. The van der Waals surface area contributed by atoms with Crippen molar-refractivity contribution in [2.24, 2.45) is 0 Å². The van der Waals surface area contributed by atoms with Crippen molar-refractivity contribution in [1.82, 2.24) is 4.90 Å². The molecule has 0 heterocycles. The van der Waals surface area contributed by atoms with E-state index in [-0.39, 0.29) is 17.9 Å². The fourth-order valence-corrected chi connectivity index (χ4v) is 2.14.